The first-order valence-electron chi connectivity index (χ1n) is 6.72. The van der Waals surface area contributed by atoms with Gasteiger partial charge in [0, 0.05) is 19.8 Å². The Morgan fingerprint density at radius 2 is 1.95 bits per heavy atom. The van der Waals surface area contributed by atoms with Crippen molar-refractivity contribution in [3.63, 3.8) is 0 Å². The number of hydrogen-bond donors (Lipinski definition) is 0. The second-order valence-electron chi connectivity index (χ2n) is 5.55. The second-order valence-corrected chi connectivity index (χ2v) is 7.13. The van der Waals surface area contributed by atoms with Crippen molar-refractivity contribution in [3.8, 4) is 11.5 Å². The molecule has 3 atom stereocenters. The van der Waals surface area contributed by atoms with Gasteiger partial charge in [0.05, 0.1) is 6.26 Å². The molecule has 1 aromatic rings. The number of benzene rings is 1. The summed E-state index contributed by atoms with van der Waals surface area (Å²) < 4.78 is 49.7. The van der Waals surface area contributed by atoms with Crippen LogP contribution in [0.1, 0.15) is 18.6 Å². The minimum absolute atomic E-state index is 0.190. The van der Waals surface area contributed by atoms with Crippen LogP contribution in [0.15, 0.2) is 18.2 Å². The molecule has 2 aliphatic rings. The van der Waals surface area contributed by atoms with Gasteiger partial charge < -0.3 is 23.1 Å². The predicted octanol–water partition coefficient (Wildman–Crippen LogP) is 1.23. The Hall–Kier alpha value is -1.35. The normalized spacial score (nSPS) is 29.5. The van der Waals surface area contributed by atoms with Crippen molar-refractivity contribution < 1.29 is 31.5 Å². The highest BCUT2D eigenvalue weighted by Crippen LogP contribution is 2.55. The molecular weight excluding hydrogens is 312 g/mol. The molecule has 0 radical (unpaired) electrons. The third-order valence-electron chi connectivity index (χ3n) is 3.82. The SMILES string of the molecule is COC(OC)[C@]1(C)Oc2ccc(OS(C)(=O)=O)cc2[C@@H]2O[C@@H]21. The van der Waals surface area contributed by atoms with Gasteiger partial charge >= 0.3 is 10.1 Å². The molecule has 1 fully saturated rings. The lowest BCUT2D eigenvalue weighted by Crippen LogP contribution is -2.53. The Kier molecular flexibility index (Phi) is 3.59. The second kappa shape index (κ2) is 5.09. The summed E-state index contributed by atoms with van der Waals surface area (Å²) in [4.78, 5) is 0. The zero-order valence-corrected chi connectivity index (χ0v) is 13.5. The van der Waals surface area contributed by atoms with E-state index >= 15 is 0 Å². The van der Waals surface area contributed by atoms with Crippen molar-refractivity contribution in [1.29, 1.82) is 0 Å². The molecule has 22 heavy (non-hydrogen) atoms. The quantitative estimate of drug-likeness (QED) is 0.456. The van der Waals surface area contributed by atoms with Gasteiger partial charge in [-0.15, -0.1) is 0 Å². The van der Waals surface area contributed by atoms with Gasteiger partial charge in [0.25, 0.3) is 0 Å². The summed E-state index contributed by atoms with van der Waals surface area (Å²) >= 11 is 0. The zero-order valence-electron chi connectivity index (χ0n) is 12.7. The highest BCUT2D eigenvalue weighted by atomic mass is 32.2. The first-order chi connectivity index (χ1) is 10.3. The van der Waals surface area contributed by atoms with Crippen LogP contribution in [0.4, 0.5) is 0 Å². The summed E-state index contributed by atoms with van der Waals surface area (Å²) in [5.74, 6) is 0.832. The molecule has 0 amide bonds. The van der Waals surface area contributed by atoms with E-state index in [2.05, 4.69) is 0 Å². The van der Waals surface area contributed by atoms with Gasteiger partial charge in [-0.2, -0.15) is 8.42 Å². The molecule has 1 aromatic carbocycles. The van der Waals surface area contributed by atoms with Crippen LogP contribution in [-0.2, 0) is 24.3 Å². The Balaban J connectivity index is 1.92. The van der Waals surface area contributed by atoms with Crippen LogP contribution in [0.3, 0.4) is 0 Å². The standard InChI is InChI=1S/C14H18O7S/c1-14(13(17-2)18-3)12-11(19-12)9-7-8(21-22(4,15)16)5-6-10(9)20-14/h5-7,11-13H,1-4H3/t11-,12-,14+/m0/s1. The van der Waals surface area contributed by atoms with E-state index in [1.54, 1.807) is 26.4 Å². The summed E-state index contributed by atoms with van der Waals surface area (Å²) in [7, 11) is -0.493. The highest BCUT2D eigenvalue weighted by molar-refractivity contribution is 7.86. The fourth-order valence-corrected chi connectivity index (χ4v) is 3.35. The van der Waals surface area contributed by atoms with Gasteiger partial charge in [-0.25, -0.2) is 0 Å². The topological polar surface area (TPSA) is 83.6 Å². The Bertz CT molecular complexity index is 682. The Morgan fingerprint density at radius 1 is 1.27 bits per heavy atom. The van der Waals surface area contributed by atoms with Gasteiger partial charge in [0.1, 0.15) is 23.7 Å². The van der Waals surface area contributed by atoms with Gasteiger partial charge in [0.15, 0.2) is 11.9 Å². The monoisotopic (exact) mass is 330 g/mol. The van der Waals surface area contributed by atoms with Crippen molar-refractivity contribution in [3.05, 3.63) is 23.8 Å². The molecule has 8 heteroatoms. The first-order valence-corrected chi connectivity index (χ1v) is 8.53. The minimum atomic E-state index is -3.57. The van der Waals surface area contributed by atoms with Crippen molar-refractivity contribution in [2.45, 2.75) is 31.0 Å². The van der Waals surface area contributed by atoms with Gasteiger partial charge in [0.2, 0.25) is 0 Å². The minimum Gasteiger partial charge on any atom is -0.479 e. The van der Waals surface area contributed by atoms with Crippen molar-refractivity contribution in [2.24, 2.45) is 0 Å². The molecule has 0 aliphatic carbocycles. The molecule has 2 aliphatic heterocycles. The van der Waals surface area contributed by atoms with Crippen molar-refractivity contribution in [1.82, 2.24) is 0 Å². The van der Waals surface area contributed by atoms with Gasteiger partial charge in [-0.1, -0.05) is 0 Å². The van der Waals surface area contributed by atoms with E-state index in [9.17, 15) is 8.42 Å². The fraction of sp³-hybridized carbons (Fsp3) is 0.571. The molecule has 0 bridgehead atoms. The molecule has 122 valence electrons. The zero-order chi connectivity index (χ0) is 16.1. The Morgan fingerprint density at radius 3 is 2.55 bits per heavy atom. The average Bonchev–Trinajstić information content (AvgIpc) is 3.21. The number of epoxide rings is 1. The van der Waals surface area contributed by atoms with Crippen LogP contribution in [0.5, 0.6) is 11.5 Å². The van der Waals surface area contributed by atoms with Gasteiger partial charge in [-0.3, -0.25) is 0 Å². The lowest BCUT2D eigenvalue weighted by Gasteiger charge is -2.37. The first kappa shape index (κ1) is 15.5. The van der Waals surface area contributed by atoms with E-state index in [1.165, 1.54) is 6.07 Å². The smallest absolute Gasteiger partial charge is 0.306 e. The summed E-state index contributed by atoms with van der Waals surface area (Å²) in [5.41, 5.74) is -0.0185. The number of fused-ring (bicyclic) bond motifs is 3. The molecule has 3 rings (SSSR count). The fourth-order valence-electron chi connectivity index (χ4n) is 2.89. The maximum absolute atomic E-state index is 11.2. The number of rotatable bonds is 5. The van der Waals surface area contributed by atoms with Crippen molar-refractivity contribution in [2.75, 3.05) is 20.5 Å². The third-order valence-corrected chi connectivity index (χ3v) is 4.31. The van der Waals surface area contributed by atoms with E-state index in [-0.39, 0.29) is 18.0 Å². The van der Waals surface area contributed by atoms with E-state index in [1.807, 2.05) is 6.92 Å². The average molecular weight is 330 g/mol. The van der Waals surface area contributed by atoms with Crippen LogP contribution in [0.2, 0.25) is 0 Å². The van der Waals surface area contributed by atoms with Crippen LogP contribution in [0, 0.1) is 0 Å². The molecule has 0 unspecified atom stereocenters. The largest absolute Gasteiger partial charge is 0.479 e. The van der Waals surface area contributed by atoms with Crippen LogP contribution in [-0.4, -0.2) is 46.9 Å². The molecule has 0 spiro atoms. The molecule has 0 aromatic heterocycles. The summed E-state index contributed by atoms with van der Waals surface area (Å²) in [5, 5.41) is 0. The number of methoxy groups -OCH3 is 2. The van der Waals surface area contributed by atoms with Crippen LogP contribution >= 0.6 is 0 Å². The lowest BCUT2D eigenvalue weighted by atomic mass is 9.92. The van der Waals surface area contributed by atoms with E-state index < -0.39 is 22.0 Å². The summed E-state index contributed by atoms with van der Waals surface area (Å²) in [6, 6.07) is 4.82. The van der Waals surface area contributed by atoms with E-state index in [4.69, 9.17) is 23.1 Å². The van der Waals surface area contributed by atoms with E-state index in [0.29, 0.717) is 5.75 Å². The van der Waals surface area contributed by atoms with Gasteiger partial charge in [-0.05, 0) is 25.1 Å². The van der Waals surface area contributed by atoms with E-state index in [0.717, 1.165) is 11.8 Å². The summed E-state index contributed by atoms with van der Waals surface area (Å²) in [6.07, 6.45) is 0.00345. The molecule has 2 heterocycles. The lowest BCUT2D eigenvalue weighted by molar-refractivity contribution is -0.205. The molecule has 0 N–H and O–H groups in total. The Labute approximate surface area is 129 Å². The predicted molar refractivity (Wildman–Crippen MR) is 76.4 cm³/mol. The van der Waals surface area contributed by atoms with Crippen LogP contribution in [0.25, 0.3) is 0 Å². The third kappa shape index (κ3) is 2.56. The highest BCUT2D eigenvalue weighted by Gasteiger charge is 2.63. The number of hydrogen-bond acceptors (Lipinski definition) is 7. The molecule has 7 nitrogen and oxygen atoms in total. The van der Waals surface area contributed by atoms with Crippen molar-refractivity contribution >= 4 is 10.1 Å². The number of ether oxygens (including phenoxy) is 4. The summed E-state index contributed by atoms with van der Waals surface area (Å²) in [6.45, 7) is 1.86. The molecular formula is C14H18O7S. The molecule has 1 saturated heterocycles. The maximum atomic E-state index is 11.2. The molecule has 0 saturated carbocycles. The van der Waals surface area contributed by atoms with Crippen LogP contribution < -0.4 is 8.92 Å². The maximum Gasteiger partial charge on any atom is 0.306 e.